The Morgan fingerprint density at radius 1 is 1.11 bits per heavy atom. The van der Waals surface area contributed by atoms with E-state index in [-0.39, 0.29) is 17.8 Å². The molecule has 1 fully saturated rings. The first kappa shape index (κ1) is 24.8. The third kappa shape index (κ3) is 4.77. The van der Waals surface area contributed by atoms with Crippen molar-refractivity contribution in [2.75, 3.05) is 42.5 Å². The molecule has 0 aliphatic carbocycles. The predicted molar refractivity (Wildman–Crippen MR) is 147 cm³/mol. The van der Waals surface area contributed by atoms with Crippen molar-refractivity contribution in [3.8, 4) is 5.88 Å². The molecule has 194 valence electrons. The molecule has 4 heterocycles. The van der Waals surface area contributed by atoms with Crippen LogP contribution in [0.15, 0.2) is 42.7 Å². The van der Waals surface area contributed by atoms with E-state index in [1.54, 1.807) is 6.92 Å². The Hall–Kier alpha value is -3.88. The molecule has 1 N–H and O–H groups in total. The molecule has 0 saturated carbocycles. The van der Waals surface area contributed by atoms with Crippen molar-refractivity contribution in [1.29, 1.82) is 0 Å². The van der Waals surface area contributed by atoms with Crippen LogP contribution in [0.4, 0.5) is 11.8 Å². The van der Waals surface area contributed by atoms with Gasteiger partial charge in [-0.3, -0.25) is 9.78 Å². The van der Waals surface area contributed by atoms with E-state index in [9.17, 15) is 9.90 Å². The number of aromatic hydroxyl groups is 1. The Balaban J connectivity index is 1.56. The number of anilines is 2. The fraction of sp³-hybridized carbons (Fsp3) is 0.429. The Bertz CT molecular complexity index is 1430. The molecule has 1 saturated heterocycles. The fourth-order valence-corrected chi connectivity index (χ4v) is 4.94. The van der Waals surface area contributed by atoms with E-state index in [0.717, 1.165) is 34.1 Å². The van der Waals surface area contributed by atoms with Gasteiger partial charge >= 0.3 is 0 Å². The molecule has 1 aliphatic heterocycles. The van der Waals surface area contributed by atoms with E-state index in [4.69, 9.17) is 15.0 Å². The van der Waals surface area contributed by atoms with Crippen LogP contribution >= 0.6 is 0 Å². The number of fused-ring (bicyclic) bond motifs is 2. The summed E-state index contributed by atoms with van der Waals surface area (Å²) in [5.41, 5.74) is 1.51. The number of piperazine rings is 1. The fourth-order valence-electron chi connectivity index (χ4n) is 4.94. The van der Waals surface area contributed by atoms with Crippen LogP contribution < -0.4 is 9.80 Å². The highest BCUT2D eigenvalue weighted by atomic mass is 16.3. The summed E-state index contributed by atoms with van der Waals surface area (Å²) in [5.74, 6) is 1.60. The monoisotopic (exact) mass is 501 g/mol. The van der Waals surface area contributed by atoms with E-state index in [2.05, 4.69) is 48.8 Å². The molecule has 4 aromatic rings. The maximum atomic E-state index is 11.8. The second-order valence-electron chi connectivity index (χ2n) is 9.76. The third-order valence-electron chi connectivity index (χ3n) is 7.43. The molecule has 1 aromatic carbocycles. The van der Waals surface area contributed by atoms with Gasteiger partial charge in [0.1, 0.15) is 11.3 Å². The van der Waals surface area contributed by atoms with Gasteiger partial charge in [0.2, 0.25) is 17.7 Å². The van der Waals surface area contributed by atoms with E-state index in [1.807, 2.05) is 34.0 Å². The van der Waals surface area contributed by atoms with Crippen molar-refractivity contribution in [1.82, 2.24) is 24.4 Å². The zero-order valence-corrected chi connectivity index (χ0v) is 22.1. The van der Waals surface area contributed by atoms with Gasteiger partial charge < -0.3 is 24.4 Å². The Morgan fingerprint density at radius 2 is 1.84 bits per heavy atom. The van der Waals surface area contributed by atoms with Crippen LogP contribution in [-0.4, -0.2) is 68.2 Å². The molecular formula is C28H35N7O2. The first-order valence-electron chi connectivity index (χ1n) is 13.1. The summed E-state index contributed by atoms with van der Waals surface area (Å²) in [6.45, 7) is 11.8. The number of hydrogen-bond acceptors (Lipinski definition) is 7. The molecule has 0 radical (unpaired) electrons. The lowest BCUT2D eigenvalue weighted by Crippen LogP contribution is -2.48. The van der Waals surface area contributed by atoms with Crippen LogP contribution in [0.3, 0.4) is 0 Å². The normalized spacial score (nSPS) is 14.9. The minimum Gasteiger partial charge on any atom is -0.493 e. The molecule has 1 unspecified atom stereocenters. The van der Waals surface area contributed by atoms with Crippen molar-refractivity contribution in [3.05, 3.63) is 48.4 Å². The topological polar surface area (TPSA) is 90.6 Å². The Kier molecular flexibility index (Phi) is 6.86. The highest BCUT2D eigenvalue weighted by Gasteiger charge is 2.26. The number of rotatable bonds is 7. The summed E-state index contributed by atoms with van der Waals surface area (Å²) >= 11 is 0. The van der Waals surface area contributed by atoms with Gasteiger partial charge in [0.15, 0.2) is 0 Å². The minimum absolute atomic E-state index is 0.0834. The minimum atomic E-state index is 0.0834. The molecule has 5 rings (SSSR count). The molecule has 1 amide bonds. The van der Waals surface area contributed by atoms with E-state index >= 15 is 0 Å². The number of nitrogens with zero attached hydrogens (tertiary/aromatic N) is 7. The van der Waals surface area contributed by atoms with Crippen LogP contribution in [0.1, 0.15) is 45.9 Å². The van der Waals surface area contributed by atoms with Gasteiger partial charge in [-0.05, 0) is 31.7 Å². The van der Waals surface area contributed by atoms with Gasteiger partial charge in [-0.2, -0.15) is 4.98 Å². The highest BCUT2D eigenvalue weighted by Crippen LogP contribution is 2.36. The lowest BCUT2D eigenvalue weighted by Gasteiger charge is -2.34. The zero-order chi connectivity index (χ0) is 26.1. The smallest absolute Gasteiger partial charge is 0.228 e. The lowest BCUT2D eigenvalue weighted by atomic mass is 10.1. The van der Waals surface area contributed by atoms with Crippen molar-refractivity contribution in [2.24, 2.45) is 0 Å². The predicted octanol–water partition coefficient (Wildman–Crippen LogP) is 4.35. The van der Waals surface area contributed by atoms with Crippen molar-refractivity contribution in [3.63, 3.8) is 0 Å². The van der Waals surface area contributed by atoms with Crippen LogP contribution in [0.5, 0.6) is 5.88 Å². The molecule has 1 atom stereocenters. The van der Waals surface area contributed by atoms with Gasteiger partial charge in [0, 0.05) is 63.5 Å². The summed E-state index contributed by atoms with van der Waals surface area (Å²) in [6, 6.07) is 10.5. The largest absolute Gasteiger partial charge is 0.493 e. The number of benzene rings is 1. The van der Waals surface area contributed by atoms with E-state index in [0.29, 0.717) is 50.7 Å². The number of carbonyl (C=O) groups excluding carboxylic acids is 1. The van der Waals surface area contributed by atoms with Gasteiger partial charge in [-0.25, -0.2) is 4.98 Å². The molecule has 37 heavy (non-hydrogen) atoms. The number of amides is 1. The van der Waals surface area contributed by atoms with Gasteiger partial charge in [0.05, 0.1) is 17.6 Å². The molecule has 9 heteroatoms. The first-order valence-corrected chi connectivity index (χ1v) is 13.1. The van der Waals surface area contributed by atoms with Crippen molar-refractivity contribution >= 4 is 39.3 Å². The van der Waals surface area contributed by atoms with Crippen LogP contribution in [-0.2, 0) is 11.3 Å². The van der Waals surface area contributed by atoms with E-state index < -0.39 is 0 Å². The maximum Gasteiger partial charge on any atom is 0.228 e. The lowest BCUT2D eigenvalue weighted by molar-refractivity contribution is -0.129. The number of aromatic nitrogens is 4. The summed E-state index contributed by atoms with van der Waals surface area (Å²) in [4.78, 5) is 32.6. The third-order valence-corrected chi connectivity index (χ3v) is 7.43. The second kappa shape index (κ2) is 10.2. The number of pyridine rings is 1. The molecule has 0 bridgehead atoms. The molecule has 1 aliphatic rings. The highest BCUT2D eigenvalue weighted by molar-refractivity contribution is 5.94. The standard InChI is InChI=1S/C28H35N7O2/c1-5-19(3)35-18-24-25(27(35)37)30-28(34-13-11-33(12-14-34)20(4)36)31-26(24)32(6-2)17-23-15-21-9-7-8-10-22(21)16-29-23/h7-10,15-16,18-19,37H,5-6,11-14,17H2,1-4H3. The molecule has 0 spiro atoms. The van der Waals surface area contributed by atoms with Gasteiger partial charge in [-0.1, -0.05) is 31.2 Å². The Morgan fingerprint density at radius 3 is 2.51 bits per heavy atom. The van der Waals surface area contributed by atoms with Crippen LogP contribution in [0.25, 0.3) is 21.7 Å². The number of carbonyl (C=O) groups is 1. The number of hydrogen-bond donors (Lipinski definition) is 1. The Labute approximate surface area is 217 Å². The summed E-state index contributed by atoms with van der Waals surface area (Å²) in [5, 5.41) is 14.3. The average Bonchev–Trinajstić information content (AvgIpc) is 3.27. The summed E-state index contributed by atoms with van der Waals surface area (Å²) in [7, 11) is 0. The maximum absolute atomic E-state index is 11.8. The zero-order valence-electron chi connectivity index (χ0n) is 22.1. The first-order chi connectivity index (χ1) is 17.9. The van der Waals surface area contributed by atoms with Crippen molar-refractivity contribution < 1.29 is 9.90 Å². The van der Waals surface area contributed by atoms with Crippen molar-refractivity contribution in [2.45, 2.75) is 46.7 Å². The SMILES string of the molecule is CCC(C)n1cc2c(N(CC)Cc3cc4ccccc4cn3)nc(N3CCN(C(C)=O)CC3)nc2c1O. The summed E-state index contributed by atoms with van der Waals surface area (Å²) in [6.07, 6.45) is 4.77. The quantitative estimate of drug-likeness (QED) is 0.403. The average molecular weight is 502 g/mol. The van der Waals surface area contributed by atoms with Crippen LogP contribution in [0, 0.1) is 0 Å². The summed E-state index contributed by atoms with van der Waals surface area (Å²) < 4.78 is 1.89. The molecule has 9 nitrogen and oxygen atoms in total. The van der Waals surface area contributed by atoms with Gasteiger partial charge in [0.25, 0.3) is 0 Å². The van der Waals surface area contributed by atoms with Crippen LogP contribution in [0.2, 0.25) is 0 Å². The second-order valence-corrected chi connectivity index (χ2v) is 9.76. The van der Waals surface area contributed by atoms with Gasteiger partial charge in [-0.15, -0.1) is 0 Å². The molecular weight excluding hydrogens is 466 g/mol. The van der Waals surface area contributed by atoms with E-state index in [1.165, 1.54) is 0 Å². The molecule has 3 aromatic heterocycles.